The van der Waals surface area contributed by atoms with E-state index < -0.39 is 5.41 Å². The highest BCUT2D eigenvalue weighted by Gasteiger charge is 2.50. The third-order valence-electron chi connectivity index (χ3n) is 20.1. The molecule has 0 atom stereocenters. The number of para-hydroxylation sites is 1. The van der Waals surface area contributed by atoms with Crippen LogP contribution < -0.4 is 9.80 Å². The van der Waals surface area contributed by atoms with Gasteiger partial charge in [-0.25, -0.2) is 0 Å². The van der Waals surface area contributed by atoms with E-state index in [0.29, 0.717) is 0 Å². The van der Waals surface area contributed by atoms with Crippen LogP contribution in [-0.4, -0.2) is 4.98 Å². The van der Waals surface area contributed by atoms with Gasteiger partial charge in [-0.05, 0) is 190 Å². The molecule has 0 N–H and O–H groups in total. The minimum atomic E-state index is -0.920. The lowest BCUT2D eigenvalue weighted by Gasteiger charge is -2.36. The van der Waals surface area contributed by atoms with Crippen molar-refractivity contribution in [2.75, 3.05) is 9.80 Å². The van der Waals surface area contributed by atoms with Crippen LogP contribution in [0.25, 0.3) is 99.1 Å². The van der Waals surface area contributed by atoms with E-state index in [1.807, 2.05) is 0 Å². The van der Waals surface area contributed by atoms with Crippen molar-refractivity contribution >= 4 is 77.6 Å². The monoisotopic (exact) mass is 1260 g/mol. The second-order valence-corrected chi connectivity index (χ2v) is 28.2. The van der Waals surface area contributed by atoms with Crippen molar-refractivity contribution in [2.45, 2.75) is 57.8 Å². The Kier molecular flexibility index (Phi) is 14.5. The summed E-state index contributed by atoms with van der Waals surface area (Å²) in [4.78, 5) is 10.3. The maximum atomic E-state index is 7.70. The topological polar surface area (TPSA) is 32.5 Å². The molecule has 2 aromatic heterocycles. The molecule has 0 saturated heterocycles. The molecule has 0 aliphatic heterocycles. The van der Waals surface area contributed by atoms with E-state index in [1.165, 1.54) is 11.1 Å². The molecule has 0 spiro atoms. The maximum Gasteiger partial charge on any atom is 0.145 e. The van der Waals surface area contributed by atoms with Gasteiger partial charge in [-0.2, -0.15) is 0 Å². The van der Waals surface area contributed by atoms with Gasteiger partial charge in [0.05, 0.1) is 28.4 Å². The lowest BCUT2D eigenvalue weighted by molar-refractivity contribution is 0.569. The molecule has 0 radical (unpaired) electrons. The van der Waals surface area contributed by atoms with Crippen LogP contribution in [0, 0.1) is 0 Å². The van der Waals surface area contributed by atoms with Gasteiger partial charge in [0, 0.05) is 44.8 Å². The molecule has 4 nitrogen and oxygen atoms in total. The molecular weight excluding hydrogens is 1190 g/mol. The molecule has 470 valence electrons. The normalized spacial score (nSPS) is 12.7. The molecule has 0 amide bonds. The number of furan rings is 1. The van der Waals surface area contributed by atoms with Gasteiger partial charge >= 0.3 is 0 Å². The Morgan fingerprint density at radius 3 is 1.26 bits per heavy atom. The van der Waals surface area contributed by atoms with Gasteiger partial charge in [0.1, 0.15) is 11.2 Å². The minimum absolute atomic E-state index is 0.0395. The summed E-state index contributed by atoms with van der Waals surface area (Å²) in [6, 6.07) is 121. The molecule has 1 aliphatic rings. The van der Waals surface area contributed by atoms with Crippen LogP contribution in [0.3, 0.4) is 0 Å². The van der Waals surface area contributed by atoms with Crippen molar-refractivity contribution in [3.63, 3.8) is 0 Å². The number of fused-ring (bicyclic) bond motifs is 12. The van der Waals surface area contributed by atoms with Crippen molar-refractivity contribution in [1.82, 2.24) is 4.98 Å². The van der Waals surface area contributed by atoms with Crippen molar-refractivity contribution < 1.29 is 4.42 Å². The highest BCUT2D eigenvalue weighted by Crippen LogP contribution is 2.64. The smallest absolute Gasteiger partial charge is 0.145 e. The molecule has 0 saturated carbocycles. The highest BCUT2D eigenvalue weighted by atomic mass is 16.3. The number of anilines is 6. The summed E-state index contributed by atoms with van der Waals surface area (Å²) >= 11 is 0. The fourth-order valence-corrected chi connectivity index (χ4v) is 15.5. The summed E-state index contributed by atoms with van der Waals surface area (Å²) in [6.07, 6.45) is 2.08. The first-order valence-corrected chi connectivity index (χ1v) is 34.2. The van der Waals surface area contributed by atoms with E-state index in [0.717, 1.165) is 156 Å². The van der Waals surface area contributed by atoms with Crippen molar-refractivity contribution in [3.8, 4) is 55.6 Å². The Bertz CT molecular complexity index is 5500. The molecule has 16 aromatic rings. The van der Waals surface area contributed by atoms with E-state index in [-0.39, 0.29) is 10.8 Å². The van der Waals surface area contributed by atoms with Crippen LogP contribution in [0.2, 0.25) is 0 Å². The third-order valence-corrected chi connectivity index (χ3v) is 20.1. The third kappa shape index (κ3) is 10.2. The number of pyridine rings is 1. The molecule has 0 unspecified atom stereocenters. The molecule has 17 rings (SSSR count). The second kappa shape index (κ2) is 23.8. The van der Waals surface area contributed by atoms with Crippen LogP contribution in [0.5, 0.6) is 0 Å². The average molecular weight is 1260 g/mol. The summed E-state index contributed by atoms with van der Waals surface area (Å²) in [6.45, 7) is 13.6. The summed E-state index contributed by atoms with van der Waals surface area (Å²) in [7, 11) is 0. The molecular formula is C94H73N3O. The van der Waals surface area contributed by atoms with E-state index in [4.69, 9.17) is 9.40 Å². The molecule has 1 aliphatic carbocycles. The van der Waals surface area contributed by atoms with Crippen LogP contribution in [0.4, 0.5) is 34.1 Å². The van der Waals surface area contributed by atoms with Crippen LogP contribution in [0.15, 0.2) is 338 Å². The Morgan fingerprint density at radius 2 is 0.765 bits per heavy atom. The van der Waals surface area contributed by atoms with Gasteiger partial charge in [0.25, 0.3) is 0 Å². The van der Waals surface area contributed by atoms with Gasteiger partial charge in [-0.3, -0.25) is 4.98 Å². The van der Waals surface area contributed by atoms with Crippen LogP contribution >= 0.6 is 0 Å². The quantitative estimate of drug-likeness (QED) is 0.114. The number of aromatic nitrogens is 1. The van der Waals surface area contributed by atoms with E-state index in [9.17, 15) is 0 Å². The Balaban J connectivity index is 0.995. The first-order valence-electron chi connectivity index (χ1n) is 34.2. The zero-order valence-electron chi connectivity index (χ0n) is 56.0. The second-order valence-electron chi connectivity index (χ2n) is 28.2. The fraction of sp³-hybridized carbons (Fsp3) is 0.0957. The predicted octanol–water partition coefficient (Wildman–Crippen LogP) is 25.9. The van der Waals surface area contributed by atoms with Gasteiger partial charge in [-0.1, -0.05) is 284 Å². The summed E-state index contributed by atoms with van der Waals surface area (Å²) in [5.41, 5.74) is 24.9. The summed E-state index contributed by atoms with van der Waals surface area (Å²) in [5, 5.41) is 6.67. The van der Waals surface area contributed by atoms with Gasteiger partial charge in [-0.15, -0.1) is 0 Å². The van der Waals surface area contributed by atoms with E-state index in [1.54, 1.807) is 0 Å². The minimum Gasteiger partial charge on any atom is -0.455 e. The number of nitrogens with zero attached hydrogens (tertiary/aromatic N) is 3. The van der Waals surface area contributed by atoms with Gasteiger partial charge in [0.15, 0.2) is 0 Å². The summed E-state index contributed by atoms with van der Waals surface area (Å²) < 4.78 is 7.70. The van der Waals surface area contributed by atoms with Crippen LogP contribution in [-0.2, 0) is 16.2 Å². The molecule has 14 aromatic carbocycles. The predicted molar refractivity (Wildman–Crippen MR) is 412 cm³/mol. The number of benzene rings is 14. The SMILES string of the molecule is CC(C)(C)c1ccc(N(c2cc(-c3ccccc3)cc(-c3ccccc3)c2)c2ccc3c4c(c5ccccc5c3c2)-c2c(cc(N(c3ccc(C(C)(C)C)nc3)c3cc(-c5ccccc5)cc(-c5ccccc5)c3)c3c2oc2ccccc23)C4(c2ccccc2)c2ccccc2)cc1. The van der Waals surface area contributed by atoms with Crippen molar-refractivity contribution in [2.24, 2.45) is 0 Å². The first-order chi connectivity index (χ1) is 47.9. The van der Waals surface area contributed by atoms with E-state index >= 15 is 0 Å². The lowest BCUT2D eigenvalue weighted by Crippen LogP contribution is -2.29. The fourth-order valence-electron chi connectivity index (χ4n) is 15.5. The van der Waals surface area contributed by atoms with Gasteiger partial charge < -0.3 is 14.2 Å². The molecule has 4 heteroatoms. The van der Waals surface area contributed by atoms with Crippen molar-refractivity contribution in [3.05, 3.63) is 367 Å². The number of hydrogen-bond donors (Lipinski definition) is 0. The largest absolute Gasteiger partial charge is 0.455 e. The maximum absolute atomic E-state index is 7.70. The Labute approximate surface area is 574 Å². The standard InChI is InChI=1S/C94H73N3O/c1-92(2,3)70-45-47-73(48-46-70)96(76-55-66(62-29-13-7-14-30-62)53-67(56-76)63-31-15-8-16-32-63)74-49-51-80-82(59-74)78-41-25-26-42-79(78)88-89-83(94(90(80)88,71-37-21-11-22-38-71)72-39-23-12-24-40-72)60-84(87-81-43-27-28-44-85(81)98-91(87)89)97(75-50-52-86(95-61-75)93(4,5)6)77-57-68(64-33-17-9-18-34-64)54-69(58-77)65-35-19-10-20-36-65/h7-61H,1-6H3. The lowest BCUT2D eigenvalue weighted by atomic mass is 9.66. The highest BCUT2D eigenvalue weighted by molar-refractivity contribution is 6.26. The molecule has 2 heterocycles. The molecule has 0 fully saturated rings. The Hall–Kier alpha value is -11.9. The van der Waals surface area contributed by atoms with Crippen LogP contribution in [0.1, 0.15) is 75.1 Å². The van der Waals surface area contributed by atoms with Crippen molar-refractivity contribution in [1.29, 1.82) is 0 Å². The first kappa shape index (κ1) is 59.9. The van der Waals surface area contributed by atoms with E-state index in [2.05, 4.69) is 385 Å². The zero-order chi connectivity index (χ0) is 66.3. The number of hydrogen-bond acceptors (Lipinski definition) is 4. The Morgan fingerprint density at radius 1 is 0.316 bits per heavy atom. The van der Waals surface area contributed by atoms with Gasteiger partial charge in [0.2, 0.25) is 0 Å². The number of rotatable bonds is 12. The molecule has 98 heavy (non-hydrogen) atoms. The average Bonchev–Trinajstić information content (AvgIpc) is 1.49. The summed E-state index contributed by atoms with van der Waals surface area (Å²) in [5.74, 6) is 0. The zero-order valence-corrected chi connectivity index (χ0v) is 56.0. The molecule has 0 bridgehead atoms.